The molecular weight excluding hydrogens is 180 g/mol. The standard InChI is InChI=1S/C11H18O3/c1-9(11(12)13)6-7-10-5-3-2-4-8-14-10/h6,10H,2-5,7-8H2,1H3,(H,12,13). The summed E-state index contributed by atoms with van der Waals surface area (Å²) in [6, 6.07) is 0. The minimum Gasteiger partial charge on any atom is -0.478 e. The van der Waals surface area contributed by atoms with Crippen LogP contribution < -0.4 is 0 Å². The average Bonchev–Trinajstić information content (AvgIpc) is 2.42. The van der Waals surface area contributed by atoms with Crippen molar-refractivity contribution in [2.75, 3.05) is 6.61 Å². The van der Waals surface area contributed by atoms with E-state index in [9.17, 15) is 4.79 Å². The molecule has 14 heavy (non-hydrogen) atoms. The molecule has 1 heterocycles. The first-order chi connectivity index (χ1) is 6.70. The van der Waals surface area contributed by atoms with Crippen molar-refractivity contribution in [1.29, 1.82) is 0 Å². The molecule has 0 aliphatic carbocycles. The topological polar surface area (TPSA) is 46.5 Å². The highest BCUT2D eigenvalue weighted by atomic mass is 16.5. The molecule has 0 bridgehead atoms. The monoisotopic (exact) mass is 198 g/mol. The van der Waals surface area contributed by atoms with Gasteiger partial charge < -0.3 is 9.84 Å². The highest BCUT2D eigenvalue weighted by Crippen LogP contribution is 2.16. The molecule has 1 saturated heterocycles. The second kappa shape index (κ2) is 5.81. The van der Waals surface area contributed by atoms with Gasteiger partial charge in [0.1, 0.15) is 0 Å². The summed E-state index contributed by atoms with van der Waals surface area (Å²) in [5, 5.41) is 8.66. The molecule has 0 amide bonds. The van der Waals surface area contributed by atoms with Gasteiger partial charge in [-0.3, -0.25) is 0 Å². The number of carboxylic acids is 1. The summed E-state index contributed by atoms with van der Waals surface area (Å²) in [5.41, 5.74) is 0.415. The number of hydrogen-bond donors (Lipinski definition) is 1. The molecule has 0 aromatic heterocycles. The van der Waals surface area contributed by atoms with Crippen molar-refractivity contribution in [3.8, 4) is 0 Å². The highest BCUT2D eigenvalue weighted by molar-refractivity contribution is 5.85. The maximum absolute atomic E-state index is 10.5. The second-order valence-corrected chi connectivity index (χ2v) is 3.77. The Balaban J connectivity index is 2.35. The van der Waals surface area contributed by atoms with E-state index < -0.39 is 5.97 Å². The first-order valence-electron chi connectivity index (χ1n) is 5.22. The van der Waals surface area contributed by atoms with Crippen LogP contribution in [-0.4, -0.2) is 23.8 Å². The zero-order valence-electron chi connectivity index (χ0n) is 8.66. The molecule has 0 radical (unpaired) electrons. The maximum atomic E-state index is 10.5. The van der Waals surface area contributed by atoms with Crippen molar-refractivity contribution in [2.24, 2.45) is 0 Å². The molecule has 3 heteroatoms. The smallest absolute Gasteiger partial charge is 0.330 e. The van der Waals surface area contributed by atoms with Crippen LogP contribution in [0.3, 0.4) is 0 Å². The summed E-state index contributed by atoms with van der Waals surface area (Å²) in [4.78, 5) is 10.5. The molecule has 1 N–H and O–H groups in total. The van der Waals surface area contributed by atoms with Crippen LogP contribution in [0.15, 0.2) is 11.6 Å². The lowest BCUT2D eigenvalue weighted by molar-refractivity contribution is -0.132. The minimum absolute atomic E-state index is 0.229. The van der Waals surface area contributed by atoms with E-state index in [0.717, 1.165) is 25.9 Å². The van der Waals surface area contributed by atoms with Crippen molar-refractivity contribution >= 4 is 5.97 Å². The molecule has 1 rings (SSSR count). The number of rotatable bonds is 3. The highest BCUT2D eigenvalue weighted by Gasteiger charge is 2.11. The van der Waals surface area contributed by atoms with Gasteiger partial charge in [0.25, 0.3) is 0 Å². The summed E-state index contributed by atoms with van der Waals surface area (Å²) in [5.74, 6) is -0.835. The third-order valence-corrected chi connectivity index (χ3v) is 2.55. The summed E-state index contributed by atoms with van der Waals surface area (Å²) in [7, 11) is 0. The summed E-state index contributed by atoms with van der Waals surface area (Å²) in [6.07, 6.45) is 7.35. The van der Waals surface area contributed by atoms with E-state index >= 15 is 0 Å². The van der Waals surface area contributed by atoms with Gasteiger partial charge in [-0.1, -0.05) is 18.9 Å². The van der Waals surface area contributed by atoms with Gasteiger partial charge in [0, 0.05) is 12.2 Å². The van der Waals surface area contributed by atoms with E-state index in [1.807, 2.05) is 0 Å². The Morgan fingerprint density at radius 3 is 3.00 bits per heavy atom. The Labute approximate surface area is 84.8 Å². The van der Waals surface area contributed by atoms with E-state index in [1.54, 1.807) is 13.0 Å². The first-order valence-corrected chi connectivity index (χ1v) is 5.22. The van der Waals surface area contributed by atoms with Crippen LogP contribution in [0, 0.1) is 0 Å². The molecule has 1 aliphatic heterocycles. The molecular formula is C11H18O3. The number of hydrogen-bond acceptors (Lipinski definition) is 2. The Kier molecular flexibility index (Phi) is 4.66. The number of aliphatic carboxylic acids is 1. The molecule has 80 valence electrons. The van der Waals surface area contributed by atoms with Crippen LogP contribution in [-0.2, 0) is 9.53 Å². The third kappa shape index (κ3) is 3.92. The van der Waals surface area contributed by atoms with Crippen LogP contribution in [0.25, 0.3) is 0 Å². The molecule has 0 spiro atoms. The van der Waals surface area contributed by atoms with E-state index in [-0.39, 0.29) is 6.10 Å². The Hall–Kier alpha value is -0.830. The number of carboxylic acid groups (broad SMARTS) is 1. The van der Waals surface area contributed by atoms with Gasteiger partial charge in [0.05, 0.1) is 6.10 Å². The predicted octanol–water partition coefficient (Wildman–Crippen LogP) is 2.37. The molecule has 1 unspecified atom stereocenters. The van der Waals surface area contributed by atoms with Gasteiger partial charge >= 0.3 is 5.97 Å². The molecule has 0 aromatic carbocycles. The first kappa shape index (κ1) is 11.2. The van der Waals surface area contributed by atoms with Gasteiger partial charge in [-0.25, -0.2) is 4.79 Å². The maximum Gasteiger partial charge on any atom is 0.330 e. The quantitative estimate of drug-likeness (QED) is 0.708. The SMILES string of the molecule is CC(=CCC1CCCCCO1)C(=O)O. The fourth-order valence-electron chi connectivity index (χ4n) is 1.57. The van der Waals surface area contributed by atoms with Gasteiger partial charge in [0.15, 0.2) is 0 Å². The van der Waals surface area contributed by atoms with Gasteiger partial charge in [-0.15, -0.1) is 0 Å². The predicted molar refractivity (Wildman–Crippen MR) is 54.2 cm³/mol. The lowest BCUT2D eigenvalue weighted by Crippen LogP contribution is -2.10. The summed E-state index contributed by atoms with van der Waals surface area (Å²) < 4.78 is 5.60. The van der Waals surface area contributed by atoms with Crippen molar-refractivity contribution in [3.63, 3.8) is 0 Å². The van der Waals surface area contributed by atoms with E-state index in [0.29, 0.717) is 5.57 Å². The lowest BCUT2D eigenvalue weighted by Gasteiger charge is -2.12. The Morgan fingerprint density at radius 2 is 2.29 bits per heavy atom. The Bertz CT molecular complexity index is 213. The molecule has 0 saturated carbocycles. The zero-order valence-corrected chi connectivity index (χ0v) is 8.66. The molecule has 0 aromatic rings. The third-order valence-electron chi connectivity index (χ3n) is 2.55. The van der Waals surface area contributed by atoms with Crippen LogP contribution in [0.2, 0.25) is 0 Å². The number of ether oxygens (including phenoxy) is 1. The van der Waals surface area contributed by atoms with Gasteiger partial charge in [0.2, 0.25) is 0 Å². The molecule has 1 fully saturated rings. The lowest BCUT2D eigenvalue weighted by atomic mass is 10.1. The Morgan fingerprint density at radius 1 is 1.50 bits per heavy atom. The van der Waals surface area contributed by atoms with Crippen LogP contribution in [0.1, 0.15) is 39.0 Å². The van der Waals surface area contributed by atoms with Crippen LogP contribution in [0.5, 0.6) is 0 Å². The fraction of sp³-hybridized carbons (Fsp3) is 0.727. The molecule has 1 atom stereocenters. The molecule has 1 aliphatic rings. The average molecular weight is 198 g/mol. The fourth-order valence-corrected chi connectivity index (χ4v) is 1.57. The van der Waals surface area contributed by atoms with Crippen LogP contribution in [0.4, 0.5) is 0 Å². The second-order valence-electron chi connectivity index (χ2n) is 3.77. The minimum atomic E-state index is -0.835. The summed E-state index contributed by atoms with van der Waals surface area (Å²) >= 11 is 0. The normalized spacial score (nSPS) is 24.4. The van der Waals surface area contributed by atoms with Gasteiger partial charge in [-0.2, -0.15) is 0 Å². The zero-order chi connectivity index (χ0) is 10.4. The van der Waals surface area contributed by atoms with E-state index in [2.05, 4.69) is 0 Å². The summed E-state index contributed by atoms with van der Waals surface area (Å²) in [6.45, 7) is 2.45. The van der Waals surface area contributed by atoms with Crippen molar-refractivity contribution in [1.82, 2.24) is 0 Å². The van der Waals surface area contributed by atoms with E-state index in [1.165, 1.54) is 12.8 Å². The van der Waals surface area contributed by atoms with Crippen molar-refractivity contribution < 1.29 is 14.6 Å². The van der Waals surface area contributed by atoms with Crippen molar-refractivity contribution in [2.45, 2.75) is 45.1 Å². The van der Waals surface area contributed by atoms with Gasteiger partial charge in [-0.05, 0) is 26.2 Å². The van der Waals surface area contributed by atoms with E-state index in [4.69, 9.17) is 9.84 Å². The van der Waals surface area contributed by atoms with Crippen LogP contribution >= 0.6 is 0 Å². The largest absolute Gasteiger partial charge is 0.478 e. The molecule has 3 nitrogen and oxygen atoms in total. The van der Waals surface area contributed by atoms with Crippen molar-refractivity contribution in [3.05, 3.63) is 11.6 Å². The number of carbonyl (C=O) groups is 1.